The van der Waals surface area contributed by atoms with Crippen LogP contribution < -0.4 is 0 Å². The van der Waals surface area contributed by atoms with Crippen molar-refractivity contribution in [2.24, 2.45) is 4.99 Å². The van der Waals surface area contributed by atoms with Gasteiger partial charge in [0.1, 0.15) is 5.76 Å². The van der Waals surface area contributed by atoms with Crippen molar-refractivity contribution >= 4 is 6.21 Å². The Morgan fingerprint density at radius 1 is 1.19 bits per heavy atom. The molecule has 0 rings (SSSR count). The Labute approximate surface area is 98.0 Å². The molecule has 0 amide bonds. The highest BCUT2D eigenvalue weighted by Gasteiger charge is 1.93. The first kappa shape index (κ1) is 14.2. The average Bonchev–Trinajstić information content (AvgIpc) is 2.31. The molecule has 0 saturated heterocycles. The third-order valence-corrected chi connectivity index (χ3v) is 1.96. The molecule has 16 heavy (non-hydrogen) atoms. The summed E-state index contributed by atoms with van der Waals surface area (Å²) in [4.78, 5) is 4.16. The van der Waals surface area contributed by atoms with E-state index in [2.05, 4.69) is 31.3 Å². The van der Waals surface area contributed by atoms with Crippen molar-refractivity contribution in [3.05, 3.63) is 61.1 Å². The molecular formula is C14H19NO. The van der Waals surface area contributed by atoms with Crippen LogP contribution in [0.1, 0.15) is 13.3 Å². The summed E-state index contributed by atoms with van der Waals surface area (Å²) in [5, 5.41) is 0. The first-order valence-corrected chi connectivity index (χ1v) is 5.02. The molecule has 0 saturated carbocycles. The summed E-state index contributed by atoms with van der Waals surface area (Å²) in [6.45, 7) is 17.1. The molecule has 0 aliphatic carbocycles. The maximum Gasteiger partial charge on any atom is 0.111 e. The second-order valence-electron chi connectivity index (χ2n) is 3.25. The lowest BCUT2D eigenvalue weighted by molar-refractivity contribution is 0.309. The molecule has 0 aromatic rings. The van der Waals surface area contributed by atoms with Gasteiger partial charge in [0.25, 0.3) is 0 Å². The normalized spacial score (nSPS) is 10.6. The van der Waals surface area contributed by atoms with Crippen LogP contribution in [0.15, 0.2) is 66.1 Å². The zero-order valence-corrected chi connectivity index (χ0v) is 10.1. The van der Waals surface area contributed by atoms with Crippen LogP contribution in [0.5, 0.6) is 0 Å². The van der Waals surface area contributed by atoms with Gasteiger partial charge >= 0.3 is 0 Å². The van der Waals surface area contributed by atoms with Gasteiger partial charge in [-0.1, -0.05) is 33.2 Å². The molecular weight excluding hydrogens is 198 g/mol. The van der Waals surface area contributed by atoms with E-state index in [0.717, 1.165) is 17.6 Å². The minimum Gasteiger partial charge on any atom is -0.497 e. The third kappa shape index (κ3) is 5.81. The minimum absolute atomic E-state index is 0.566. The Morgan fingerprint density at radius 2 is 1.81 bits per heavy atom. The van der Waals surface area contributed by atoms with Gasteiger partial charge in [0.15, 0.2) is 0 Å². The Bertz CT molecular complexity index is 323. The maximum atomic E-state index is 4.89. The zero-order chi connectivity index (χ0) is 12.6. The van der Waals surface area contributed by atoms with Gasteiger partial charge in [-0.15, -0.1) is 0 Å². The van der Waals surface area contributed by atoms with E-state index >= 15 is 0 Å². The summed E-state index contributed by atoms with van der Waals surface area (Å²) in [5.74, 6) is 0.566. The van der Waals surface area contributed by atoms with Crippen LogP contribution in [0.25, 0.3) is 0 Å². The Kier molecular flexibility index (Phi) is 6.61. The van der Waals surface area contributed by atoms with E-state index in [1.807, 2.05) is 6.92 Å². The molecule has 0 aromatic carbocycles. The summed E-state index contributed by atoms with van der Waals surface area (Å²) in [6, 6.07) is 0. The topological polar surface area (TPSA) is 21.6 Å². The number of hydrogen-bond acceptors (Lipinski definition) is 2. The molecule has 2 nitrogen and oxygen atoms in total. The first-order chi connectivity index (χ1) is 7.51. The molecule has 0 bridgehead atoms. The van der Waals surface area contributed by atoms with Gasteiger partial charge in [-0.3, -0.25) is 4.99 Å². The third-order valence-electron chi connectivity index (χ3n) is 1.96. The van der Waals surface area contributed by atoms with Crippen LogP contribution in [-0.2, 0) is 4.74 Å². The van der Waals surface area contributed by atoms with Gasteiger partial charge in [-0.25, -0.2) is 0 Å². The van der Waals surface area contributed by atoms with Crippen molar-refractivity contribution < 1.29 is 4.74 Å². The van der Waals surface area contributed by atoms with Gasteiger partial charge in [0.2, 0.25) is 0 Å². The number of nitrogens with zero attached hydrogens (tertiary/aromatic N) is 1. The number of methoxy groups -OCH3 is 1. The van der Waals surface area contributed by atoms with Gasteiger partial charge in [-0.05, 0) is 29.7 Å². The SMILES string of the molecule is C=C(C=NC(=C)C(=C)/C=C\C(=C)OC)CC. The predicted octanol–water partition coefficient (Wildman–Crippen LogP) is 3.81. The Balaban J connectivity index is 4.36. The first-order valence-electron chi connectivity index (χ1n) is 5.02. The van der Waals surface area contributed by atoms with E-state index in [1.165, 1.54) is 0 Å². The molecule has 0 aliphatic rings. The van der Waals surface area contributed by atoms with E-state index in [9.17, 15) is 0 Å². The number of aliphatic imine (C=N–C) groups is 1. The van der Waals surface area contributed by atoms with Gasteiger partial charge in [-0.2, -0.15) is 0 Å². The standard InChI is InChI=1S/C14H19NO/c1-7-11(2)10-15-14(5)12(3)8-9-13(4)16-6/h8-10H,2-5,7H2,1,6H3/b9-8-,15-10?. The van der Waals surface area contributed by atoms with Crippen LogP contribution >= 0.6 is 0 Å². The lowest BCUT2D eigenvalue weighted by Crippen LogP contribution is -1.84. The fourth-order valence-electron chi connectivity index (χ4n) is 0.701. The summed E-state index contributed by atoms with van der Waals surface area (Å²) in [6.07, 6.45) is 6.06. The second kappa shape index (κ2) is 7.46. The number of allylic oxidation sites excluding steroid dienone is 3. The minimum atomic E-state index is 0.566. The fourth-order valence-corrected chi connectivity index (χ4v) is 0.701. The molecule has 86 valence electrons. The highest BCUT2D eigenvalue weighted by molar-refractivity contribution is 5.78. The molecule has 0 unspecified atom stereocenters. The van der Waals surface area contributed by atoms with Crippen molar-refractivity contribution in [3.63, 3.8) is 0 Å². The highest BCUT2D eigenvalue weighted by atomic mass is 16.5. The molecule has 0 spiro atoms. The van der Waals surface area contributed by atoms with E-state index in [0.29, 0.717) is 11.5 Å². The number of ether oxygens (including phenoxy) is 1. The van der Waals surface area contributed by atoms with Crippen molar-refractivity contribution in [1.82, 2.24) is 0 Å². The maximum absolute atomic E-state index is 4.89. The molecule has 0 radical (unpaired) electrons. The van der Waals surface area contributed by atoms with Crippen molar-refractivity contribution in [1.29, 1.82) is 0 Å². The Hall–Kier alpha value is -1.83. The van der Waals surface area contributed by atoms with Gasteiger partial charge in [0, 0.05) is 6.21 Å². The summed E-state index contributed by atoms with van der Waals surface area (Å²) in [5.41, 5.74) is 2.28. The van der Waals surface area contributed by atoms with Crippen molar-refractivity contribution in [2.75, 3.05) is 7.11 Å². The average molecular weight is 217 g/mol. The zero-order valence-electron chi connectivity index (χ0n) is 10.1. The lowest BCUT2D eigenvalue weighted by atomic mass is 10.2. The van der Waals surface area contributed by atoms with Crippen LogP contribution in [-0.4, -0.2) is 13.3 Å². The summed E-state index contributed by atoms with van der Waals surface area (Å²) >= 11 is 0. The lowest BCUT2D eigenvalue weighted by Gasteiger charge is -2.00. The largest absolute Gasteiger partial charge is 0.497 e. The highest BCUT2D eigenvalue weighted by Crippen LogP contribution is 2.10. The molecule has 0 N–H and O–H groups in total. The Morgan fingerprint density at radius 3 is 2.31 bits per heavy atom. The van der Waals surface area contributed by atoms with Crippen molar-refractivity contribution in [2.45, 2.75) is 13.3 Å². The van der Waals surface area contributed by atoms with Crippen LogP contribution in [0, 0.1) is 0 Å². The van der Waals surface area contributed by atoms with E-state index in [-0.39, 0.29) is 0 Å². The smallest absolute Gasteiger partial charge is 0.111 e. The van der Waals surface area contributed by atoms with Crippen LogP contribution in [0.2, 0.25) is 0 Å². The van der Waals surface area contributed by atoms with Crippen LogP contribution in [0.3, 0.4) is 0 Å². The fraction of sp³-hybridized carbons (Fsp3) is 0.214. The van der Waals surface area contributed by atoms with E-state index in [1.54, 1.807) is 25.5 Å². The molecule has 0 aromatic heterocycles. The predicted molar refractivity (Wildman–Crippen MR) is 71.5 cm³/mol. The molecule has 0 atom stereocenters. The number of rotatable bonds is 7. The van der Waals surface area contributed by atoms with Crippen molar-refractivity contribution in [3.8, 4) is 0 Å². The second-order valence-corrected chi connectivity index (χ2v) is 3.25. The summed E-state index contributed by atoms with van der Waals surface area (Å²) in [7, 11) is 1.56. The van der Waals surface area contributed by atoms with E-state index in [4.69, 9.17) is 4.74 Å². The quantitative estimate of drug-likeness (QED) is 0.361. The monoisotopic (exact) mass is 217 g/mol. The summed E-state index contributed by atoms with van der Waals surface area (Å²) < 4.78 is 4.89. The molecule has 0 heterocycles. The molecule has 2 heteroatoms. The van der Waals surface area contributed by atoms with E-state index < -0.39 is 0 Å². The van der Waals surface area contributed by atoms with Gasteiger partial charge in [0.05, 0.1) is 12.8 Å². The molecule has 0 aliphatic heterocycles. The number of hydrogen-bond donors (Lipinski definition) is 0. The van der Waals surface area contributed by atoms with Gasteiger partial charge < -0.3 is 4.74 Å². The van der Waals surface area contributed by atoms with Crippen LogP contribution in [0.4, 0.5) is 0 Å². The molecule has 0 fully saturated rings.